The molecule has 22 heteroatoms. The molecule has 1 saturated carbocycles. The van der Waals surface area contributed by atoms with Crippen LogP contribution in [0.3, 0.4) is 0 Å². The Bertz CT molecular complexity index is 1750. The Morgan fingerprint density at radius 3 is 2.63 bits per heavy atom. The average Bonchev–Trinajstić information content (AvgIpc) is 3.60. The first kappa shape index (κ1) is 30.0. The van der Waals surface area contributed by atoms with E-state index < -0.39 is 82.6 Å². The maximum Gasteiger partial charge on any atom is 0.472 e. The fourth-order valence-corrected chi connectivity index (χ4v) is 7.34. The second kappa shape index (κ2) is 11.2. The van der Waals surface area contributed by atoms with Crippen molar-refractivity contribution in [2.75, 3.05) is 24.3 Å². The fourth-order valence-electron chi connectivity index (χ4n) is 5.36. The zero-order chi connectivity index (χ0) is 30.7. The molecule has 20 nitrogen and oxygen atoms in total. The minimum Gasteiger partial charge on any atom is -0.387 e. The Balaban J connectivity index is 1.27. The smallest absolute Gasteiger partial charge is 0.387 e. The first-order valence-electron chi connectivity index (χ1n) is 13.0. The number of nitrogens with zero attached hydrogens (tertiary/aromatic N) is 5. The third-order valence-electron chi connectivity index (χ3n) is 7.40. The van der Waals surface area contributed by atoms with Gasteiger partial charge in [0.2, 0.25) is 5.95 Å². The number of fused-ring (bicyclic) bond motifs is 4. The molecule has 7 N–H and O–H groups in total. The lowest BCUT2D eigenvalue weighted by atomic mass is 10.1. The highest BCUT2D eigenvalue weighted by Crippen LogP contribution is 2.54. The van der Waals surface area contributed by atoms with E-state index in [0.29, 0.717) is 0 Å². The van der Waals surface area contributed by atoms with Gasteiger partial charge in [-0.15, -0.1) is 0 Å². The molecule has 3 aliphatic rings. The van der Waals surface area contributed by atoms with Gasteiger partial charge < -0.3 is 35.2 Å². The van der Waals surface area contributed by atoms with Crippen LogP contribution in [0.2, 0.25) is 0 Å². The summed E-state index contributed by atoms with van der Waals surface area (Å²) in [5.41, 5.74) is 4.36. The molecule has 3 fully saturated rings. The maximum atomic E-state index is 13.1. The van der Waals surface area contributed by atoms with Gasteiger partial charge in [0.1, 0.15) is 18.3 Å². The summed E-state index contributed by atoms with van der Waals surface area (Å²) in [5, 5.41) is 14.0. The molecule has 0 spiro atoms. The molecule has 234 valence electrons. The lowest BCUT2D eigenvalue weighted by Gasteiger charge is -2.25. The number of aromatic amines is 1. The van der Waals surface area contributed by atoms with Gasteiger partial charge >= 0.3 is 15.6 Å². The molecule has 5 heterocycles. The molecule has 1 aliphatic carbocycles. The van der Waals surface area contributed by atoms with Crippen LogP contribution in [0, 0.1) is 5.92 Å². The van der Waals surface area contributed by atoms with Crippen molar-refractivity contribution in [1.29, 1.82) is 0 Å². The summed E-state index contributed by atoms with van der Waals surface area (Å²) >= 11 is 0. The van der Waals surface area contributed by atoms with Crippen molar-refractivity contribution in [3.05, 3.63) is 39.4 Å². The van der Waals surface area contributed by atoms with Crippen LogP contribution >= 0.6 is 15.6 Å². The van der Waals surface area contributed by atoms with Gasteiger partial charge in [0.05, 0.1) is 25.6 Å². The van der Waals surface area contributed by atoms with E-state index in [-0.39, 0.29) is 35.8 Å². The predicted octanol–water partition coefficient (Wildman–Crippen LogP) is -1.04. The molecule has 3 aromatic heterocycles. The summed E-state index contributed by atoms with van der Waals surface area (Å²) in [7, 11) is -8.18. The number of H-pyrrole nitrogens is 1. The summed E-state index contributed by atoms with van der Waals surface area (Å²) in [6, 6.07) is -0.489. The molecule has 2 unspecified atom stereocenters. The van der Waals surface area contributed by atoms with E-state index in [2.05, 4.69) is 25.3 Å². The van der Waals surface area contributed by atoms with Crippen molar-refractivity contribution in [3.63, 3.8) is 0 Å². The molecule has 3 aromatic rings. The number of hydrogen-bond donors (Lipinski definition) is 6. The van der Waals surface area contributed by atoms with Crippen LogP contribution in [0.1, 0.15) is 19.1 Å². The monoisotopic (exact) mass is 646 g/mol. The Morgan fingerprint density at radius 1 is 1.09 bits per heavy atom. The number of rotatable bonds is 3. The Morgan fingerprint density at radius 2 is 1.84 bits per heavy atom. The standard InChI is InChI=1S/C21H28N8O12P2/c1-28-3-2-23-16(19(28)32)25-10-4-9-6-37-43(35,36)41-15-14(30)12(7-38-42(33,34)40-11(9)5-10)39-20(15)29-8-24-13-17(29)26-21(22)27-18(13)31/h2-3,8-12,14-15,20,30H,4-7H2,1H3,(H,23,25)(H,33,34)(H,35,36)(H3,22,26,27,31)/t9-,10-,11+,12-,14-,15-,20-/m1/s1. The summed E-state index contributed by atoms with van der Waals surface area (Å²) in [6.45, 7) is -1.18. The molecule has 9 atom stereocenters. The van der Waals surface area contributed by atoms with Crippen LogP contribution in [0.25, 0.3) is 11.2 Å². The van der Waals surface area contributed by atoms with Gasteiger partial charge in [-0.3, -0.25) is 37.2 Å². The van der Waals surface area contributed by atoms with Crippen LogP contribution in [-0.2, 0) is 39.0 Å². The summed E-state index contributed by atoms with van der Waals surface area (Å²) < 4.78 is 55.6. The zero-order valence-corrected chi connectivity index (χ0v) is 24.1. The molecule has 2 aliphatic heterocycles. The Kier molecular flexibility index (Phi) is 7.79. The van der Waals surface area contributed by atoms with Gasteiger partial charge in [-0.1, -0.05) is 0 Å². The van der Waals surface area contributed by atoms with Crippen molar-refractivity contribution in [3.8, 4) is 0 Å². The van der Waals surface area contributed by atoms with Gasteiger partial charge in [0.15, 0.2) is 23.2 Å². The highest BCUT2D eigenvalue weighted by molar-refractivity contribution is 7.47. The first-order valence-corrected chi connectivity index (χ1v) is 15.9. The minimum absolute atomic E-state index is 0.0448. The largest absolute Gasteiger partial charge is 0.472 e. The molecule has 2 saturated heterocycles. The number of nitrogens with one attached hydrogen (secondary N) is 2. The first-order chi connectivity index (χ1) is 20.3. The van der Waals surface area contributed by atoms with E-state index in [4.69, 9.17) is 28.6 Å². The average molecular weight is 646 g/mol. The topological polar surface area (TPSA) is 277 Å². The molecule has 2 bridgehead atoms. The third-order valence-corrected chi connectivity index (χ3v) is 9.40. The summed E-state index contributed by atoms with van der Waals surface area (Å²) in [6.07, 6.45) is -2.83. The summed E-state index contributed by atoms with van der Waals surface area (Å²) in [5.74, 6) is -0.943. The van der Waals surface area contributed by atoms with Gasteiger partial charge in [-0.25, -0.2) is 19.1 Å². The number of imidazole rings is 1. The second-order valence-corrected chi connectivity index (χ2v) is 13.2. The normalized spacial score (nSPS) is 36.9. The van der Waals surface area contributed by atoms with E-state index in [1.165, 1.54) is 17.0 Å². The number of nitrogens with two attached hydrogens (primary N) is 1. The van der Waals surface area contributed by atoms with Gasteiger partial charge in [-0.05, 0) is 12.8 Å². The maximum absolute atomic E-state index is 13.1. The number of nitrogen functional groups attached to an aromatic ring is 1. The number of phosphoric ester groups is 2. The second-order valence-electron chi connectivity index (χ2n) is 10.3. The third kappa shape index (κ3) is 6.03. The Hall–Kier alpha value is -3.03. The highest BCUT2D eigenvalue weighted by atomic mass is 31.2. The molecule has 0 radical (unpaired) electrons. The fraction of sp³-hybridized carbons (Fsp3) is 0.571. The van der Waals surface area contributed by atoms with Crippen LogP contribution in [0.15, 0.2) is 28.3 Å². The molecule has 6 rings (SSSR count). The molecule has 0 aromatic carbocycles. The minimum atomic E-state index is -4.94. The van der Waals surface area contributed by atoms with Crippen LogP contribution < -0.4 is 22.2 Å². The van der Waals surface area contributed by atoms with E-state index in [1.54, 1.807) is 7.05 Å². The summed E-state index contributed by atoms with van der Waals surface area (Å²) in [4.78, 5) is 60.2. The number of aromatic nitrogens is 6. The number of aliphatic hydroxyl groups is 1. The van der Waals surface area contributed by atoms with Crippen molar-refractivity contribution in [1.82, 2.24) is 29.1 Å². The van der Waals surface area contributed by atoms with E-state index in [9.17, 15) is 33.6 Å². The zero-order valence-electron chi connectivity index (χ0n) is 22.3. The van der Waals surface area contributed by atoms with Crippen molar-refractivity contribution in [2.45, 2.75) is 49.5 Å². The predicted molar refractivity (Wildman–Crippen MR) is 143 cm³/mol. The number of ether oxygens (including phenoxy) is 1. The number of phosphoric acid groups is 2. The highest BCUT2D eigenvalue weighted by Gasteiger charge is 2.51. The van der Waals surface area contributed by atoms with Crippen LogP contribution in [0.4, 0.5) is 11.8 Å². The van der Waals surface area contributed by atoms with Crippen molar-refractivity contribution >= 4 is 38.6 Å². The van der Waals surface area contributed by atoms with Gasteiger partial charge in [-0.2, -0.15) is 4.98 Å². The van der Waals surface area contributed by atoms with E-state index >= 15 is 0 Å². The SMILES string of the molecule is Cn1ccnc(N[C@@H]2C[C@@H]3COP(=O)(O)O[C@@H]4[C@H](O)[C@@H](COP(=O)(O)O[C@H]3C2)O[C@H]4n2cnc3c(=O)[nH]c(N)nc32)c1=O. The number of hydrogen-bond acceptors (Lipinski definition) is 15. The Labute approximate surface area is 241 Å². The molecule has 43 heavy (non-hydrogen) atoms. The van der Waals surface area contributed by atoms with E-state index in [0.717, 1.165) is 10.9 Å². The molecular weight excluding hydrogens is 618 g/mol. The number of aryl methyl sites for hydroxylation is 1. The lowest BCUT2D eigenvalue weighted by molar-refractivity contribution is -0.0561. The number of aliphatic hydroxyl groups excluding tert-OH is 1. The van der Waals surface area contributed by atoms with E-state index in [1.807, 2.05) is 0 Å². The van der Waals surface area contributed by atoms with Crippen LogP contribution in [0.5, 0.6) is 0 Å². The molecule has 0 amide bonds. The van der Waals surface area contributed by atoms with Crippen molar-refractivity contribution < 1.29 is 46.9 Å². The lowest BCUT2D eigenvalue weighted by Crippen LogP contribution is -2.35. The number of anilines is 2. The van der Waals surface area contributed by atoms with Crippen molar-refractivity contribution in [2.24, 2.45) is 13.0 Å². The quantitative estimate of drug-likeness (QED) is 0.185. The van der Waals surface area contributed by atoms with Crippen LogP contribution in [-0.4, -0.2) is 87.6 Å². The molecular formula is C21H28N8O12P2. The van der Waals surface area contributed by atoms with Gasteiger partial charge in [0.25, 0.3) is 11.1 Å². The van der Waals surface area contributed by atoms with Gasteiger partial charge in [0, 0.05) is 31.4 Å².